The van der Waals surface area contributed by atoms with Gasteiger partial charge in [-0.3, -0.25) is 0 Å². The Balaban J connectivity index is 2.15. The summed E-state index contributed by atoms with van der Waals surface area (Å²) in [7, 11) is 1.42. The monoisotopic (exact) mass is 284 g/mol. The molecule has 1 atom stereocenters. The summed E-state index contributed by atoms with van der Waals surface area (Å²) in [6, 6.07) is 14.3. The van der Waals surface area contributed by atoms with Crippen molar-refractivity contribution in [3.05, 3.63) is 59.2 Å². The van der Waals surface area contributed by atoms with Gasteiger partial charge in [0.1, 0.15) is 0 Å². The zero-order valence-corrected chi connectivity index (χ0v) is 12.4. The molecule has 2 aromatic rings. The van der Waals surface area contributed by atoms with Crippen LogP contribution in [0.4, 0.5) is 0 Å². The SMILES string of the molecule is CCSC1c2ccccc2-c2cc(C(=O)OC)ccc21. The first-order chi connectivity index (χ1) is 9.76. The first kappa shape index (κ1) is 13.3. The van der Waals surface area contributed by atoms with E-state index < -0.39 is 0 Å². The fourth-order valence-electron chi connectivity index (χ4n) is 2.75. The molecule has 3 rings (SSSR count). The fraction of sp³-hybridized carbons (Fsp3) is 0.235. The molecule has 2 aromatic carbocycles. The number of hydrogen-bond donors (Lipinski definition) is 0. The molecule has 1 aliphatic rings. The van der Waals surface area contributed by atoms with Crippen LogP contribution in [0.1, 0.15) is 33.7 Å². The molecule has 0 bridgehead atoms. The number of thioether (sulfide) groups is 1. The van der Waals surface area contributed by atoms with Crippen molar-refractivity contribution in [3.63, 3.8) is 0 Å². The van der Waals surface area contributed by atoms with Crippen molar-refractivity contribution in [2.45, 2.75) is 12.2 Å². The van der Waals surface area contributed by atoms with Crippen molar-refractivity contribution in [2.75, 3.05) is 12.9 Å². The van der Waals surface area contributed by atoms with Crippen LogP contribution in [0.2, 0.25) is 0 Å². The third kappa shape index (κ3) is 2.02. The van der Waals surface area contributed by atoms with Crippen LogP contribution in [0.3, 0.4) is 0 Å². The molecular weight excluding hydrogens is 268 g/mol. The van der Waals surface area contributed by atoms with E-state index in [1.807, 2.05) is 30.0 Å². The van der Waals surface area contributed by atoms with Crippen molar-refractivity contribution in [2.24, 2.45) is 0 Å². The zero-order valence-electron chi connectivity index (χ0n) is 11.6. The second-order valence-corrected chi connectivity index (χ2v) is 6.10. The average Bonchev–Trinajstić information content (AvgIpc) is 2.81. The Kier molecular flexibility index (Phi) is 3.53. The van der Waals surface area contributed by atoms with E-state index in [4.69, 9.17) is 4.74 Å². The molecule has 102 valence electrons. The Morgan fingerprint density at radius 1 is 1.15 bits per heavy atom. The highest BCUT2D eigenvalue weighted by atomic mass is 32.2. The third-order valence-corrected chi connectivity index (χ3v) is 4.80. The van der Waals surface area contributed by atoms with Crippen molar-refractivity contribution in [1.29, 1.82) is 0 Å². The maximum absolute atomic E-state index is 11.7. The Morgan fingerprint density at radius 3 is 2.65 bits per heavy atom. The van der Waals surface area contributed by atoms with E-state index >= 15 is 0 Å². The second-order valence-electron chi connectivity index (χ2n) is 4.72. The fourth-order valence-corrected chi connectivity index (χ4v) is 3.85. The summed E-state index contributed by atoms with van der Waals surface area (Å²) in [5.41, 5.74) is 5.65. The molecule has 1 aliphatic carbocycles. The lowest BCUT2D eigenvalue weighted by atomic mass is 10.0. The van der Waals surface area contributed by atoms with E-state index in [1.165, 1.54) is 23.8 Å². The Morgan fingerprint density at radius 2 is 1.90 bits per heavy atom. The molecule has 2 nitrogen and oxygen atoms in total. The first-order valence-corrected chi connectivity index (χ1v) is 7.74. The number of methoxy groups -OCH3 is 1. The topological polar surface area (TPSA) is 26.3 Å². The van der Waals surface area contributed by atoms with Crippen LogP contribution >= 0.6 is 11.8 Å². The lowest BCUT2D eigenvalue weighted by Gasteiger charge is -2.11. The number of benzene rings is 2. The predicted molar refractivity (Wildman–Crippen MR) is 83.2 cm³/mol. The second kappa shape index (κ2) is 5.33. The maximum Gasteiger partial charge on any atom is 0.337 e. The van der Waals surface area contributed by atoms with Crippen LogP contribution in [0.25, 0.3) is 11.1 Å². The van der Waals surface area contributed by atoms with Gasteiger partial charge in [0, 0.05) is 0 Å². The number of fused-ring (bicyclic) bond motifs is 3. The highest BCUT2D eigenvalue weighted by molar-refractivity contribution is 7.99. The number of carbonyl (C=O) groups is 1. The number of ether oxygens (including phenoxy) is 1. The van der Waals surface area contributed by atoms with E-state index in [0.29, 0.717) is 10.8 Å². The molecule has 0 N–H and O–H groups in total. The molecule has 0 saturated carbocycles. The summed E-state index contributed by atoms with van der Waals surface area (Å²) in [5.74, 6) is 0.786. The molecule has 3 heteroatoms. The quantitative estimate of drug-likeness (QED) is 0.786. The van der Waals surface area contributed by atoms with Gasteiger partial charge in [0.05, 0.1) is 17.9 Å². The Hall–Kier alpha value is -1.74. The van der Waals surface area contributed by atoms with Gasteiger partial charge >= 0.3 is 5.97 Å². The third-order valence-electron chi connectivity index (χ3n) is 3.62. The maximum atomic E-state index is 11.7. The minimum absolute atomic E-state index is 0.281. The molecule has 0 radical (unpaired) electrons. The van der Waals surface area contributed by atoms with Gasteiger partial charge in [0.2, 0.25) is 0 Å². The summed E-state index contributed by atoms with van der Waals surface area (Å²) < 4.78 is 4.81. The summed E-state index contributed by atoms with van der Waals surface area (Å²) in [6.45, 7) is 2.17. The van der Waals surface area contributed by atoms with Crippen molar-refractivity contribution in [1.82, 2.24) is 0 Å². The highest BCUT2D eigenvalue weighted by Crippen LogP contribution is 2.50. The molecule has 0 saturated heterocycles. The molecule has 0 aromatic heterocycles. The molecule has 20 heavy (non-hydrogen) atoms. The van der Waals surface area contributed by atoms with Gasteiger partial charge in [0.25, 0.3) is 0 Å². The molecule has 1 unspecified atom stereocenters. The molecular formula is C17H16O2S. The van der Waals surface area contributed by atoms with Gasteiger partial charge < -0.3 is 4.74 Å². The largest absolute Gasteiger partial charge is 0.465 e. The molecule has 0 heterocycles. The number of carbonyl (C=O) groups excluding carboxylic acids is 1. The van der Waals surface area contributed by atoms with Crippen LogP contribution < -0.4 is 0 Å². The van der Waals surface area contributed by atoms with Crippen molar-refractivity contribution >= 4 is 17.7 Å². The summed E-state index contributed by atoms with van der Waals surface area (Å²) in [4.78, 5) is 11.7. The van der Waals surface area contributed by atoms with E-state index in [2.05, 4.69) is 31.2 Å². The standard InChI is InChI=1S/C17H16O2S/c1-3-20-16-13-7-5-4-6-12(13)15-10-11(17(18)19-2)8-9-14(15)16/h4-10,16H,3H2,1-2H3. The normalized spacial score (nSPS) is 15.6. The van der Waals surface area contributed by atoms with E-state index in [-0.39, 0.29) is 5.97 Å². The molecule has 0 fully saturated rings. The van der Waals surface area contributed by atoms with Crippen LogP contribution in [-0.4, -0.2) is 18.8 Å². The minimum Gasteiger partial charge on any atom is -0.465 e. The van der Waals surface area contributed by atoms with Crippen LogP contribution in [0.5, 0.6) is 0 Å². The van der Waals surface area contributed by atoms with E-state index in [1.54, 1.807) is 0 Å². The summed E-state index contributed by atoms with van der Waals surface area (Å²) in [6.07, 6.45) is 0. The van der Waals surface area contributed by atoms with Crippen LogP contribution in [0, 0.1) is 0 Å². The van der Waals surface area contributed by atoms with E-state index in [9.17, 15) is 4.79 Å². The number of esters is 1. The molecule has 0 amide bonds. The lowest BCUT2D eigenvalue weighted by Crippen LogP contribution is -2.01. The van der Waals surface area contributed by atoms with Crippen molar-refractivity contribution < 1.29 is 9.53 Å². The number of rotatable bonds is 3. The molecule has 0 aliphatic heterocycles. The van der Waals surface area contributed by atoms with Crippen molar-refractivity contribution in [3.8, 4) is 11.1 Å². The zero-order chi connectivity index (χ0) is 14.1. The van der Waals surface area contributed by atoms with E-state index in [0.717, 1.165) is 11.3 Å². The number of hydrogen-bond acceptors (Lipinski definition) is 3. The Bertz CT molecular complexity index is 664. The average molecular weight is 284 g/mol. The Labute approximate surface area is 123 Å². The molecule has 0 spiro atoms. The van der Waals surface area contributed by atoms with Gasteiger partial charge in [-0.05, 0) is 40.1 Å². The van der Waals surface area contributed by atoms with Gasteiger partial charge in [-0.2, -0.15) is 0 Å². The van der Waals surface area contributed by atoms with Crippen LogP contribution in [0.15, 0.2) is 42.5 Å². The van der Waals surface area contributed by atoms with Gasteiger partial charge in [0.15, 0.2) is 0 Å². The smallest absolute Gasteiger partial charge is 0.337 e. The summed E-state index contributed by atoms with van der Waals surface area (Å²) >= 11 is 1.93. The first-order valence-electron chi connectivity index (χ1n) is 6.69. The lowest BCUT2D eigenvalue weighted by molar-refractivity contribution is 0.0601. The summed E-state index contributed by atoms with van der Waals surface area (Å²) in [5, 5.41) is 0.373. The van der Waals surface area contributed by atoms with Gasteiger partial charge in [-0.1, -0.05) is 37.3 Å². The predicted octanol–water partition coefficient (Wildman–Crippen LogP) is 4.30. The van der Waals surface area contributed by atoms with Gasteiger partial charge in [-0.15, -0.1) is 11.8 Å². The van der Waals surface area contributed by atoms with Gasteiger partial charge in [-0.25, -0.2) is 4.79 Å². The van der Waals surface area contributed by atoms with Crippen LogP contribution in [-0.2, 0) is 4.74 Å². The highest BCUT2D eigenvalue weighted by Gasteiger charge is 2.28. The minimum atomic E-state index is -0.281.